The molecule has 1 saturated heterocycles. The molecular formula is C22H28FNa2O8P. The van der Waals surface area contributed by atoms with E-state index in [1.807, 2.05) is 6.08 Å². The summed E-state index contributed by atoms with van der Waals surface area (Å²) in [6, 6.07) is 0. The predicted molar refractivity (Wildman–Crippen MR) is 105 cm³/mol. The van der Waals surface area contributed by atoms with Crippen LogP contribution in [0.3, 0.4) is 0 Å². The van der Waals surface area contributed by atoms with Gasteiger partial charge in [0.05, 0.1) is 19.3 Å². The zero-order valence-electron chi connectivity index (χ0n) is 20.3. The first-order valence-electron chi connectivity index (χ1n) is 11.2. The molecule has 0 amide bonds. The van der Waals surface area contributed by atoms with Gasteiger partial charge in [-0.15, -0.1) is 0 Å². The molecule has 0 bridgehead atoms. The summed E-state index contributed by atoms with van der Waals surface area (Å²) >= 11 is 0. The Morgan fingerprint density at radius 1 is 1.32 bits per heavy atom. The van der Waals surface area contributed by atoms with Gasteiger partial charge in [0.15, 0.2) is 17.2 Å². The third-order valence-electron chi connectivity index (χ3n) is 9.75. The van der Waals surface area contributed by atoms with Gasteiger partial charge in [0.1, 0.15) is 18.3 Å². The van der Waals surface area contributed by atoms with Gasteiger partial charge in [0.2, 0.25) is 0 Å². The number of aliphatic hydroxyl groups is 1. The first-order chi connectivity index (χ1) is 14.7. The Balaban J connectivity index is 0.00000162. The van der Waals surface area contributed by atoms with Crippen LogP contribution in [-0.2, 0) is 23.4 Å². The molecule has 0 aromatic heterocycles. The number of carbonyl (C=O) groups is 2. The third-order valence-corrected chi connectivity index (χ3v) is 10.2. The molecule has 12 heteroatoms. The Hall–Kier alpha value is 1.04. The molecule has 0 unspecified atom stereocenters. The number of ether oxygens (including phenoxy) is 1. The number of halogens is 1. The van der Waals surface area contributed by atoms with Gasteiger partial charge in [0, 0.05) is 17.8 Å². The summed E-state index contributed by atoms with van der Waals surface area (Å²) in [4.78, 5) is 47.6. The molecule has 1 aliphatic heterocycles. The SMILES string of the molecule is C[C@H]1C[C@H]2[C@@H]3CCC4=CCC(=O)[C@H]5O[C@@H](C[C@]2(C)[C@@]1(O)C(=O)COP(=O)([O-])[O-])[C@]3(F)[C@]45C.[Na+].[Na+]. The molecule has 3 saturated carbocycles. The maximum Gasteiger partial charge on any atom is 1.00 e. The second kappa shape index (κ2) is 9.06. The molecule has 1 N–H and O–H groups in total. The van der Waals surface area contributed by atoms with E-state index in [0.717, 1.165) is 5.57 Å². The number of phosphoric acid groups is 1. The van der Waals surface area contributed by atoms with Gasteiger partial charge in [-0.1, -0.05) is 25.5 Å². The van der Waals surface area contributed by atoms with Crippen LogP contribution in [0.4, 0.5) is 4.39 Å². The second-order valence-electron chi connectivity index (χ2n) is 10.8. The van der Waals surface area contributed by atoms with Gasteiger partial charge >= 0.3 is 59.1 Å². The fraction of sp³-hybridized carbons (Fsp3) is 0.818. The molecule has 9 atom stereocenters. The summed E-state index contributed by atoms with van der Waals surface area (Å²) in [5.74, 6) is -2.56. The van der Waals surface area contributed by atoms with Crippen LogP contribution < -0.4 is 68.9 Å². The minimum Gasteiger partial charge on any atom is -0.790 e. The van der Waals surface area contributed by atoms with E-state index in [-0.39, 0.29) is 83.7 Å². The summed E-state index contributed by atoms with van der Waals surface area (Å²) < 4.78 is 38.4. The van der Waals surface area contributed by atoms with Crippen molar-refractivity contribution in [3.05, 3.63) is 11.6 Å². The van der Waals surface area contributed by atoms with Gasteiger partial charge in [-0.3, -0.25) is 9.59 Å². The summed E-state index contributed by atoms with van der Waals surface area (Å²) in [5.41, 5.74) is -5.08. The number of Topliss-reactive ketones (excluding diaryl/α,β-unsaturated/α-hetero) is 2. The average Bonchev–Trinajstić information content (AvgIpc) is 3.05. The first-order valence-corrected chi connectivity index (χ1v) is 12.7. The van der Waals surface area contributed by atoms with Gasteiger partial charge in [-0.2, -0.15) is 0 Å². The van der Waals surface area contributed by atoms with E-state index < -0.39 is 66.4 Å². The zero-order chi connectivity index (χ0) is 23.5. The maximum atomic E-state index is 17.2. The Bertz CT molecular complexity index is 988. The van der Waals surface area contributed by atoms with E-state index in [2.05, 4.69) is 4.52 Å². The van der Waals surface area contributed by atoms with Crippen LogP contribution in [0.25, 0.3) is 0 Å². The summed E-state index contributed by atoms with van der Waals surface area (Å²) in [5, 5.41) is 11.7. The molecule has 0 aromatic carbocycles. The molecule has 5 rings (SSSR count). The summed E-state index contributed by atoms with van der Waals surface area (Å²) in [6.45, 7) is 4.11. The number of rotatable bonds is 4. The molecule has 0 radical (unpaired) electrons. The number of alkyl halides is 1. The van der Waals surface area contributed by atoms with Crippen molar-refractivity contribution in [2.45, 2.75) is 76.4 Å². The van der Waals surface area contributed by atoms with Crippen molar-refractivity contribution < 1.29 is 102 Å². The van der Waals surface area contributed by atoms with E-state index in [1.165, 1.54) is 0 Å². The van der Waals surface area contributed by atoms with E-state index in [1.54, 1.807) is 20.8 Å². The van der Waals surface area contributed by atoms with Crippen molar-refractivity contribution in [1.29, 1.82) is 0 Å². The largest absolute Gasteiger partial charge is 1.00 e. The second-order valence-corrected chi connectivity index (χ2v) is 11.9. The van der Waals surface area contributed by atoms with Crippen LogP contribution in [0.1, 0.15) is 52.9 Å². The topological polar surface area (TPSA) is 136 Å². The van der Waals surface area contributed by atoms with Crippen molar-refractivity contribution in [3.63, 3.8) is 0 Å². The molecular weight excluding hydrogens is 488 g/mol. The third kappa shape index (κ3) is 3.53. The molecule has 34 heavy (non-hydrogen) atoms. The van der Waals surface area contributed by atoms with Crippen LogP contribution in [0.2, 0.25) is 0 Å². The maximum absolute atomic E-state index is 17.2. The average molecular weight is 516 g/mol. The standard InChI is InChI=1S/C22H30FO8P.2Na/c1-11-8-14-13-6-4-12-5-7-15(24)18-20(12,3)21(13,23)17(31-18)9-19(14,2)22(11,26)16(25)10-30-32(27,28)29;;/h5,11,13-14,17-18,26H,4,6-10H2,1-3H3,(H2,27,28,29);;/q;2*+1/p-2/t11-,13-,14-,17-,18+,19-,20+,21-,22-;;/m0../s1. The predicted octanol–water partition coefficient (Wildman–Crippen LogP) is -5.00. The number of allylic oxidation sites excluding steroid dienone is 1. The molecule has 178 valence electrons. The molecule has 8 nitrogen and oxygen atoms in total. The molecule has 4 fully saturated rings. The van der Waals surface area contributed by atoms with Crippen LogP contribution >= 0.6 is 7.82 Å². The number of carbonyl (C=O) groups excluding carboxylic acids is 2. The van der Waals surface area contributed by atoms with Crippen LogP contribution in [0, 0.1) is 28.6 Å². The normalized spacial score (nSPS) is 48.7. The van der Waals surface area contributed by atoms with Crippen molar-refractivity contribution in [1.82, 2.24) is 0 Å². The van der Waals surface area contributed by atoms with Gasteiger partial charge in [-0.05, 0) is 44.4 Å². The number of phosphoric ester groups is 1. The van der Waals surface area contributed by atoms with E-state index in [0.29, 0.717) is 19.3 Å². The van der Waals surface area contributed by atoms with E-state index in [9.17, 15) is 29.0 Å². The van der Waals surface area contributed by atoms with E-state index >= 15 is 4.39 Å². The van der Waals surface area contributed by atoms with Gasteiger partial charge < -0.3 is 28.7 Å². The van der Waals surface area contributed by atoms with Crippen molar-refractivity contribution in [3.8, 4) is 0 Å². The fourth-order valence-corrected chi connectivity index (χ4v) is 8.56. The number of ketones is 2. The fourth-order valence-electron chi connectivity index (χ4n) is 8.29. The quantitative estimate of drug-likeness (QED) is 0.223. The Labute approximate surface area is 242 Å². The van der Waals surface area contributed by atoms with Crippen molar-refractivity contribution >= 4 is 19.4 Å². The number of fused-ring (bicyclic) bond motifs is 2. The van der Waals surface area contributed by atoms with Crippen LogP contribution in [0.5, 0.6) is 0 Å². The molecule has 0 spiro atoms. The van der Waals surface area contributed by atoms with Crippen LogP contribution in [0.15, 0.2) is 11.6 Å². The Morgan fingerprint density at radius 3 is 2.59 bits per heavy atom. The molecule has 4 aliphatic carbocycles. The smallest absolute Gasteiger partial charge is 0.790 e. The minimum atomic E-state index is -5.40. The number of hydrogen-bond acceptors (Lipinski definition) is 8. The minimum absolute atomic E-state index is 0. The molecule has 0 aromatic rings. The van der Waals surface area contributed by atoms with Gasteiger partial charge in [-0.25, -0.2) is 4.39 Å². The Morgan fingerprint density at radius 2 is 1.97 bits per heavy atom. The van der Waals surface area contributed by atoms with E-state index in [4.69, 9.17) is 4.74 Å². The first kappa shape index (κ1) is 29.6. The van der Waals surface area contributed by atoms with Gasteiger partial charge in [0.25, 0.3) is 0 Å². The van der Waals surface area contributed by atoms with Crippen molar-refractivity contribution in [2.75, 3.05) is 6.61 Å². The molecule has 5 aliphatic rings. The number of hydrogen-bond donors (Lipinski definition) is 1. The van der Waals surface area contributed by atoms with Crippen LogP contribution in [-0.4, -0.2) is 46.8 Å². The molecule has 1 heterocycles. The van der Waals surface area contributed by atoms with Crippen molar-refractivity contribution in [2.24, 2.45) is 28.6 Å². The zero-order valence-corrected chi connectivity index (χ0v) is 25.2. The summed E-state index contributed by atoms with van der Waals surface area (Å²) in [7, 11) is -5.40. The Kier molecular flexibility index (Phi) is 7.89. The monoisotopic (exact) mass is 516 g/mol. The summed E-state index contributed by atoms with van der Waals surface area (Å²) in [6.07, 6.45) is 1.70.